The Morgan fingerprint density at radius 2 is 1.85 bits per heavy atom. The van der Waals surface area contributed by atoms with Crippen molar-refractivity contribution < 1.29 is 4.79 Å². The average Bonchev–Trinajstić information content (AvgIpc) is 3.21. The van der Waals surface area contributed by atoms with Crippen molar-refractivity contribution >= 4 is 27.8 Å². The Bertz CT molecular complexity index is 1100. The monoisotopic (exact) mass is 346 g/mol. The maximum Gasteiger partial charge on any atom is 0.252 e. The van der Waals surface area contributed by atoms with E-state index < -0.39 is 0 Å². The Labute approximate surface area is 152 Å². The first-order valence-corrected chi connectivity index (χ1v) is 8.84. The molecule has 1 N–H and O–H groups in total. The fourth-order valence-corrected chi connectivity index (χ4v) is 3.44. The van der Waals surface area contributed by atoms with Gasteiger partial charge in [-0.25, -0.2) is 4.98 Å². The van der Waals surface area contributed by atoms with Crippen LogP contribution in [-0.2, 0) is 13.6 Å². The highest BCUT2D eigenvalue weighted by Gasteiger charge is 2.14. The van der Waals surface area contributed by atoms with Crippen LogP contribution < -0.4 is 5.32 Å². The largest absolute Gasteiger partial charge is 0.345 e. The maximum absolute atomic E-state index is 12.8. The highest BCUT2D eigenvalue weighted by Crippen LogP contribution is 2.23. The molecule has 1 amide bonds. The molecule has 0 spiro atoms. The number of carbonyl (C=O) groups excluding carboxylic acids is 1. The molecular formula is C21H22N4O. The first-order chi connectivity index (χ1) is 12.6. The first kappa shape index (κ1) is 16.4. The summed E-state index contributed by atoms with van der Waals surface area (Å²) in [7, 11) is 1.97. The summed E-state index contributed by atoms with van der Waals surface area (Å²) in [6, 6.07) is 16.2. The number of rotatable bonds is 4. The molecule has 2 heterocycles. The van der Waals surface area contributed by atoms with Gasteiger partial charge in [0.2, 0.25) is 0 Å². The predicted molar refractivity (Wildman–Crippen MR) is 104 cm³/mol. The molecule has 0 saturated heterocycles. The van der Waals surface area contributed by atoms with E-state index in [0.29, 0.717) is 18.2 Å². The van der Waals surface area contributed by atoms with E-state index in [1.165, 1.54) is 0 Å². The van der Waals surface area contributed by atoms with Gasteiger partial charge in [0, 0.05) is 35.8 Å². The number of amides is 1. The van der Waals surface area contributed by atoms with E-state index in [2.05, 4.69) is 34.8 Å². The predicted octanol–water partition coefficient (Wildman–Crippen LogP) is 4.04. The van der Waals surface area contributed by atoms with E-state index in [1.807, 2.05) is 60.3 Å². The SMILES string of the molecule is CC(C)n1ccc2c(C(=O)NCc3nc4ccccc4n3C)cccc21. The van der Waals surface area contributed by atoms with Crippen LogP contribution in [0.1, 0.15) is 36.1 Å². The van der Waals surface area contributed by atoms with Crippen LogP contribution in [-0.4, -0.2) is 20.0 Å². The van der Waals surface area contributed by atoms with Gasteiger partial charge in [-0.2, -0.15) is 0 Å². The van der Waals surface area contributed by atoms with Gasteiger partial charge in [0.05, 0.1) is 17.6 Å². The van der Waals surface area contributed by atoms with Crippen molar-refractivity contribution in [3.8, 4) is 0 Å². The van der Waals surface area contributed by atoms with Crippen molar-refractivity contribution in [2.75, 3.05) is 0 Å². The third-order valence-electron chi connectivity index (χ3n) is 4.85. The van der Waals surface area contributed by atoms with E-state index in [4.69, 9.17) is 0 Å². The lowest BCUT2D eigenvalue weighted by molar-refractivity contribution is 0.0951. The molecule has 5 nitrogen and oxygen atoms in total. The maximum atomic E-state index is 12.8. The molecule has 2 aromatic heterocycles. The van der Waals surface area contributed by atoms with E-state index in [9.17, 15) is 4.79 Å². The number of para-hydroxylation sites is 2. The van der Waals surface area contributed by atoms with Crippen molar-refractivity contribution in [2.24, 2.45) is 7.05 Å². The van der Waals surface area contributed by atoms with Gasteiger partial charge in [-0.3, -0.25) is 4.79 Å². The number of nitrogens with zero attached hydrogens (tertiary/aromatic N) is 3. The summed E-state index contributed by atoms with van der Waals surface area (Å²) in [6.07, 6.45) is 2.04. The number of aryl methyl sites for hydroxylation is 1. The minimum Gasteiger partial charge on any atom is -0.345 e. The Morgan fingerprint density at radius 3 is 2.62 bits per heavy atom. The number of carbonyl (C=O) groups is 1. The summed E-state index contributed by atoms with van der Waals surface area (Å²) in [5.41, 5.74) is 3.78. The van der Waals surface area contributed by atoms with E-state index >= 15 is 0 Å². The summed E-state index contributed by atoms with van der Waals surface area (Å²) < 4.78 is 4.20. The summed E-state index contributed by atoms with van der Waals surface area (Å²) in [6.45, 7) is 4.67. The fourth-order valence-electron chi connectivity index (χ4n) is 3.44. The highest BCUT2D eigenvalue weighted by atomic mass is 16.1. The smallest absolute Gasteiger partial charge is 0.252 e. The lowest BCUT2D eigenvalue weighted by Gasteiger charge is -2.10. The Kier molecular flexibility index (Phi) is 3.99. The fraction of sp³-hybridized carbons (Fsp3) is 0.238. The summed E-state index contributed by atoms with van der Waals surface area (Å²) in [5.74, 6) is 0.760. The van der Waals surface area contributed by atoms with Crippen molar-refractivity contribution in [3.05, 3.63) is 66.1 Å². The molecule has 4 rings (SSSR count). The second kappa shape index (κ2) is 6.33. The second-order valence-corrected chi connectivity index (χ2v) is 6.81. The van der Waals surface area contributed by atoms with Gasteiger partial charge in [-0.1, -0.05) is 18.2 Å². The van der Waals surface area contributed by atoms with Crippen molar-refractivity contribution in [1.82, 2.24) is 19.4 Å². The first-order valence-electron chi connectivity index (χ1n) is 8.84. The Hall–Kier alpha value is -3.08. The average molecular weight is 346 g/mol. The van der Waals surface area contributed by atoms with Gasteiger partial charge in [-0.05, 0) is 44.2 Å². The molecule has 0 atom stereocenters. The zero-order valence-electron chi connectivity index (χ0n) is 15.2. The highest BCUT2D eigenvalue weighted by molar-refractivity contribution is 6.06. The lowest BCUT2D eigenvalue weighted by atomic mass is 10.1. The molecular weight excluding hydrogens is 324 g/mol. The number of aromatic nitrogens is 3. The summed E-state index contributed by atoms with van der Waals surface area (Å²) in [5, 5.41) is 3.99. The van der Waals surface area contributed by atoms with Crippen LogP contribution in [0.25, 0.3) is 21.9 Å². The van der Waals surface area contributed by atoms with Crippen LogP contribution in [0.15, 0.2) is 54.7 Å². The van der Waals surface area contributed by atoms with Gasteiger partial charge in [0.25, 0.3) is 5.91 Å². The molecule has 0 aliphatic heterocycles. The molecule has 0 radical (unpaired) electrons. The van der Waals surface area contributed by atoms with Crippen LogP contribution in [0, 0.1) is 0 Å². The molecule has 0 bridgehead atoms. The van der Waals surface area contributed by atoms with E-state index in [-0.39, 0.29) is 5.91 Å². The van der Waals surface area contributed by atoms with Crippen LogP contribution in [0.3, 0.4) is 0 Å². The molecule has 0 fully saturated rings. The minimum atomic E-state index is -0.0795. The van der Waals surface area contributed by atoms with Gasteiger partial charge in [-0.15, -0.1) is 0 Å². The molecule has 132 valence electrons. The van der Waals surface area contributed by atoms with Gasteiger partial charge in [0.15, 0.2) is 0 Å². The van der Waals surface area contributed by atoms with E-state index in [1.54, 1.807) is 0 Å². The number of benzene rings is 2. The van der Waals surface area contributed by atoms with Crippen molar-refractivity contribution in [1.29, 1.82) is 0 Å². The van der Waals surface area contributed by atoms with Crippen LogP contribution in [0.4, 0.5) is 0 Å². The summed E-state index contributed by atoms with van der Waals surface area (Å²) in [4.78, 5) is 17.4. The van der Waals surface area contributed by atoms with E-state index in [0.717, 1.165) is 27.8 Å². The summed E-state index contributed by atoms with van der Waals surface area (Å²) >= 11 is 0. The van der Waals surface area contributed by atoms with Crippen LogP contribution in [0.5, 0.6) is 0 Å². The Balaban J connectivity index is 1.60. The number of hydrogen-bond donors (Lipinski definition) is 1. The molecule has 26 heavy (non-hydrogen) atoms. The van der Waals surface area contributed by atoms with Gasteiger partial charge < -0.3 is 14.5 Å². The zero-order chi connectivity index (χ0) is 18.3. The molecule has 0 aliphatic carbocycles. The quantitative estimate of drug-likeness (QED) is 0.606. The van der Waals surface area contributed by atoms with Crippen LogP contribution in [0.2, 0.25) is 0 Å². The molecule has 4 aromatic rings. The zero-order valence-corrected chi connectivity index (χ0v) is 15.2. The lowest BCUT2D eigenvalue weighted by Crippen LogP contribution is -2.24. The topological polar surface area (TPSA) is 51.9 Å². The standard InChI is InChI=1S/C21H22N4O/c1-14(2)25-12-11-15-16(7-6-10-18(15)25)21(26)22-13-20-23-17-8-4-5-9-19(17)24(20)3/h4-12,14H,13H2,1-3H3,(H,22,26). The number of hydrogen-bond acceptors (Lipinski definition) is 2. The van der Waals surface area contributed by atoms with Crippen molar-refractivity contribution in [2.45, 2.75) is 26.4 Å². The van der Waals surface area contributed by atoms with Gasteiger partial charge in [0.1, 0.15) is 5.82 Å². The molecule has 0 unspecified atom stereocenters. The second-order valence-electron chi connectivity index (χ2n) is 6.81. The number of nitrogens with one attached hydrogen (secondary N) is 1. The number of imidazole rings is 1. The molecule has 5 heteroatoms. The molecule has 0 aliphatic rings. The third kappa shape index (κ3) is 2.65. The van der Waals surface area contributed by atoms with Gasteiger partial charge >= 0.3 is 0 Å². The number of fused-ring (bicyclic) bond motifs is 2. The Morgan fingerprint density at radius 1 is 1.08 bits per heavy atom. The van der Waals surface area contributed by atoms with Crippen LogP contribution >= 0.6 is 0 Å². The normalized spacial score (nSPS) is 11.5. The van der Waals surface area contributed by atoms with Crippen molar-refractivity contribution in [3.63, 3.8) is 0 Å². The molecule has 2 aromatic carbocycles. The minimum absolute atomic E-state index is 0.0795. The third-order valence-corrected chi connectivity index (χ3v) is 4.85. The molecule has 0 saturated carbocycles.